The van der Waals surface area contributed by atoms with Gasteiger partial charge in [0, 0.05) is 11.9 Å². The van der Waals surface area contributed by atoms with Crippen molar-refractivity contribution in [2.75, 3.05) is 0 Å². The first kappa shape index (κ1) is 13.9. The van der Waals surface area contributed by atoms with Crippen molar-refractivity contribution in [2.24, 2.45) is 5.92 Å². The van der Waals surface area contributed by atoms with Gasteiger partial charge in [-0.3, -0.25) is 0 Å². The first-order valence-electron chi connectivity index (χ1n) is 6.49. The Morgan fingerprint density at radius 2 is 2.11 bits per heavy atom. The summed E-state index contributed by atoms with van der Waals surface area (Å²) in [7, 11) is 0. The SMILES string of the molecule is CCc1ccc2c(c1)c(C(=O)O)c(Cl)n2CC(C)C. The van der Waals surface area contributed by atoms with Crippen LogP contribution in [0.15, 0.2) is 18.2 Å². The van der Waals surface area contributed by atoms with Gasteiger partial charge in [-0.25, -0.2) is 4.79 Å². The molecule has 4 heteroatoms. The van der Waals surface area contributed by atoms with Gasteiger partial charge in [0.1, 0.15) is 10.7 Å². The Balaban J connectivity index is 2.76. The summed E-state index contributed by atoms with van der Waals surface area (Å²) >= 11 is 6.27. The van der Waals surface area contributed by atoms with Crippen molar-refractivity contribution in [3.63, 3.8) is 0 Å². The predicted molar refractivity (Wildman–Crippen MR) is 78.1 cm³/mol. The highest BCUT2D eigenvalue weighted by Gasteiger charge is 2.21. The van der Waals surface area contributed by atoms with E-state index in [1.54, 1.807) is 0 Å². The van der Waals surface area contributed by atoms with Gasteiger partial charge in [-0.2, -0.15) is 0 Å². The minimum absolute atomic E-state index is 0.215. The van der Waals surface area contributed by atoms with Gasteiger partial charge in [0.25, 0.3) is 0 Å². The Labute approximate surface area is 117 Å². The summed E-state index contributed by atoms with van der Waals surface area (Å²) in [4.78, 5) is 11.4. The zero-order valence-corrected chi connectivity index (χ0v) is 12.2. The first-order valence-corrected chi connectivity index (χ1v) is 6.87. The maximum Gasteiger partial charge on any atom is 0.339 e. The Bertz CT molecular complexity index is 629. The van der Waals surface area contributed by atoms with Gasteiger partial charge in [-0.15, -0.1) is 0 Å². The van der Waals surface area contributed by atoms with E-state index in [0.29, 0.717) is 17.6 Å². The van der Waals surface area contributed by atoms with Crippen LogP contribution in [0, 0.1) is 5.92 Å². The molecule has 2 aromatic rings. The number of aromatic nitrogens is 1. The highest BCUT2D eigenvalue weighted by molar-refractivity contribution is 6.35. The van der Waals surface area contributed by atoms with E-state index >= 15 is 0 Å². The lowest BCUT2D eigenvalue weighted by atomic mass is 10.1. The number of hydrogen-bond acceptors (Lipinski definition) is 1. The third-order valence-electron chi connectivity index (χ3n) is 3.23. The second-order valence-corrected chi connectivity index (χ2v) is 5.54. The van der Waals surface area contributed by atoms with Gasteiger partial charge < -0.3 is 9.67 Å². The first-order chi connectivity index (χ1) is 8.95. The van der Waals surface area contributed by atoms with E-state index in [1.165, 1.54) is 0 Å². The van der Waals surface area contributed by atoms with Gasteiger partial charge in [-0.1, -0.05) is 38.4 Å². The van der Waals surface area contributed by atoms with Crippen LogP contribution in [-0.2, 0) is 13.0 Å². The van der Waals surface area contributed by atoms with Crippen LogP contribution in [0.3, 0.4) is 0 Å². The van der Waals surface area contributed by atoms with Crippen LogP contribution < -0.4 is 0 Å². The lowest BCUT2D eigenvalue weighted by molar-refractivity contribution is 0.0699. The second-order valence-electron chi connectivity index (χ2n) is 5.18. The van der Waals surface area contributed by atoms with E-state index in [2.05, 4.69) is 13.8 Å². The molecule has 0 saturated heterocycles. The van der Waals surface area contributed by atoms with Gasteiger partial charge in [0.2, 0.25) is 0 Å². The molecule has 0 aliphatic heterocycles. The molecule has 0 radical (unpaired) electrons. The van der Waals surface area contributed by atoms with Crippen LogP contribution in [0.2, 0.25) is 5.15 Å². The lowest BCUT2D eigenvalue weighted by Crippen LogP contribution is -2.05. The normalized spacial score (nSPS) is 11.4. The predicted octanol–water partition coefficient (Wildman–Crippen LogP) is 4.21. The van der Waals surface area contributed by atoms with Crippen LogP contribution in [-0.4, -0.2) is 15.6 Å². The number of halogens is 1. The Kier molecular flexibility index (Phi) is 3.85. The van der Waals surface area contributed by atoms with E-state index in [1.807, 2.05) is 29.7 Å². The minimum atomic E-state index is -0.967. The summed E-state index contributed by atoms with van der Waals surface area (Å²) in [6.07, 6.45) is 0.877. The topological polar surface area (TPSA) is 42.2 Å². The molecule has 0 fully saturated rings. The van der Waals surface area contributed by atoms with Gasteiger partial charge in [0.05, 0.1) is 5.52 Å². The Morgan fingerprint density at radius 3 is 2.63 bits per heavy atom. The van der Waals surface area contributed by atoms with Gasteiger partial charge in [0.15, 0.2) is 0 Å². The molecule has 19 heavy (non-hydrogen) atoms. The summed E-state index contributed by atoms with van der Waals surface area (Å²) in [5, 5.41) is 10.4. The summed E-state index contributed by atoms with van der Waals surface area (Å²) in [6.45, 7) is 6.94. The number of aromatic carboxylic acids is 1. The minimum Gasteiger partial charge on any atom is -0.478 e. The number of hydrogen-bond donors (Lipinski definition) is 1. The Morgan fingerprint density at radius 1 is 1.42 bits per heavy atom. The van der Waals surface area contributed by atoms with Crippen molar-refractivity contribution in [2.45, 2.75) is 33.7 Å². The van der Waals surface area contributed by atoms with Crippen molar-refractivity contribution in [3.8, 4) is 0 Å². The number of carbonyl (C=O) groups is 1. The van der Waals surface area contributed by atoms with Crippen molar-refractivity contribution in [1.82, 2.24) is 4.57 Å². The molecule has 1 aromatic heterocycles. The fourth-order valence-electron chi connectivity index (χ4n) is 2.34. The van der Waals surface area contributed by atoms with Crippen molar-refractivity contribution in [3.05, 3.63) is 34.5 Å². The van der Waals surface area contributed by atoms with Crippen LogP contribution in [0.25, 0.3) is 10.9 Å². The highest BCUT2D eigenvalue weighted by Crippen LogP contribution is 2.31. The molecule has 0 saturated carbocycles. The molecule has 102 valence electrons. The summed E-state index contributed by atoms with van der Waals surface area (Å²) < 4.78 is 1.89. The summed E-state index contributed by atoms with van der Waals surface area (Å²) in [6, 6.07) is 5.93. The fourth-order valence-corrected chi connectivity index (χ4v) is 2.68. The molecule has 2 rings (SSSR count). The van der Waals surface area contributed by atoms with Crippen LogP contribution >= 0.6 is 11.6 Å². The third-order valence-corrected chi connectivity index (χ3v) is 3.63. The number of nitrogens with zero attached hydrogens (tertiary/aromatic N) is 1. The fraction of sp³-hybridized carbons (Fsp3) is 0.400. The average Bonchev–Trinajstić information content (AvgIpc) is 2.61. The smallest absolute Gasteiger partial charge is 0.339 e. The second kappa shape index (κ2) is 5.25. The number of carboxylic acids is 1. The molecule has 0 aliphatic carbocycles. The van der Waals surface area contributed by atoms with Gasteiger partial charge in [-0.05, 0) is 30.0 Å². The van der Waals surface area contributed by atoms with Crippen molar-refractivity contribution >= 4 is 28.5 Å². The van der Waals surface area contributed by atoms with E-state index in [0.717, 1.165) is 22.9 Å². The quantitative estimate of drug-likeness (QED) is 0.911. The largest absolute Gasteiger partial charge is 0.478 e. The molecule has 0 amide bonds. The molecule has 0 bridgehead atoms. The van der Waals surface area contributed by atoms with E-state index < -0.39 is 5.97 Å². The molecule has 3 nitrogen and oxygen atoms in total. The highest BCUT2D eigenvalue weighted by atomic mass is 35.5. The maximum atomic E-state index is 11.4. The monoisotopic (exact) mass is 279 g/mol. The molecular weight excluding hydrogens is 262 g/mol. The van der Waals surface area contributed by atoms with Crippen molar-refractivity contribution in [1.29, 1.82) is 0 Å². The van der Waals surface area contributed by atoms with Gasteiger partial charge >= 0.3 is 5.97 Å². The molecule has 1 heterocycles. The molecule has 1 N–H and O–H groups in total. The van der Waals surface area contributed by atoms with Crippen molar-refractivity contribution < 1.29 is 9.90 Å². The maximum absolute atomic E-state index is 11.4. The zero-order chi connectivity index (χ0) is 14.2. The molecule has 0 atom stereocenters. The number of aryl methyl sites for hydroxylation is 1. The standard InChI is InChI=1S/C15H18ClNO2/c1-4-10-5-6-12-11(7-10)13(15(18)19)14(16)17(12)8-9(2)3/h5-7,9H,4,8H2,1-3H3,(H,18,19). The number of fused-ring (bicyclic) bond motifs is 1. The summed E-state index contributed by atoms with van der Waals surface area (Å²) in [5.41, 5.74) is 2.23. The van der Waals surface area contributed by atoms with Crippen LogP contribution in [0.1, 0.15) is 36.7 Å². The molecule has 0 unspecified atom stereocenters. The third kappa shape index (κ3) is 2.47. The molecule has 0 spiro atoms. The molecule has 0 aliphatic rings. The van der Waals surface area contributed by atoms with Crippen LogP contribution in [0.5, 0.6) is 0 Å². The number of rotatable bonds is 4. The van der Waals surface area contributed by atoms with Crippen LogP contribution in [0.4, 0.5) is 0 Å². The number of carboxylic acid groups (broad SMARTS) is 1. The van der Waals surface area contributed by atoms with E-state index in [-0.39, 0.29) is 5.56 Å². The Hall–Kier alpha value is -1.48. The molecule has 1 aromatic carbocycles. The lowest BCUT2D eigenvalue weighted by Gasteiger charge is -2.10. The van der Waals surface area contributed by atoms with E-state index in [4.69, 9.17) is 11.6 Å². The van der Waals surface area contributed by atoms with E-state index in [9.17, 15) is 9.90 Å². The average molecular weight is 280 g/mol. The zero-order valence-electron chi connectivity index (χ0n) is 11.4. The molecular formula is C15H18ClNO2. The summed E-state index contributed by atoms with van der Waals surface area (Å²) in [5.74, 6) is -0.564. The number of benzene rings is 1.